The zero-order valence-electron chi connectivity index (χ0n) is 19.8. The largest absolute Gasteiger partial charge is 0.353 e. The minimum atomic E-state index is -0.895. The van der Waals surface area contributed by atoms with Gasteiger partial charge >= 0.3 is 0 Å². The number of hydrogen-bond acceptors (Lipinski definition) is 5. The minimum Gasteiger partial charge on any atom is -0.353 e. The number of aromatic nitrogens is 3. The number of hydrogen-bond donors (Lipinski definition) is 1. The summed E-state index contributed by atoms with van der Waals surface area (Å²) in [5.41, 5.74) is 0.538. The van der Waals surface area contributed by atoms with E-state index in [9.17, 15) is 18.0 Å². The molecule has 0 aliphatic rings. The lowest BCUT2D eigenvalue weighted by Gasteiger charge is -2.19. The van der Waals surface area contributed by atoms with Gasteiger partial charge in [-0.3, -0.25) is 9.36 Å². The fraction of sp³-hybridized carbons (Fsp3) is 0.269. The van der Waals surface area contributed by atoms with E-state index >= 15 is 0 Å². The van der Waals surface area contributed by atoms with Gasteiger partial charge in [0.15, 0.2) is 5.65 Å². The molecule has 0 spiro atoms. The first-order chi connectivity index (χ1) is 16.8. The van der Waals surface area contributed by atoms with E-state index in [2.05, 4.69) is 34.0 Å². The summed E-state index contributed by atoms with van der Waals surface area (Å²) < 4.78 is 44.2. The molecule has 4 rings (SSSR count). The molecule has 0 saturated carbocycles. The van der Waals surface area contributed by atoms with Gasteiger partial charge in [-0.25, -0.2) is 18.2 Å². The number of likely N-dealkylation sites (N-methyl/N-ethyl adjacent to an activating group) is 1. The van der Waals surface area contributed by atoms with Crippen molar-refractivity contribution in [3.05, 3.63) is 81.9 Å². The van der Waals surface area contributed by atoms with Gasteiger partial charge in [0.05, 0.1) is 5.69 Å². The highest BCUT2D eigenvalue weighted by molar-refractivity contribution is 5.93. The first kappa shape index (κ1) is 24.4. The monoisotopic (exact) mass is 481 g/mol. The van der Waals surface area contributed by atoms with Gasteiger partial charge in [-0.15, -0.1) is 0 Å². The lowest BCUT2D eigenvalue weighted by Crippen LogP contribution is -2.29. The molecule has 4 aromatic rings. The van der Waals surface area contributed by atoms with E-state index in [0.717, 1.165) is 36.3 Å². The summed E-state index contributed by atoms with van der Waals surface area (Å²) >= 11 is 0. The number of aryl methyl sites for hydroxylation is 1. The lowest BCUT2D eigenvalue weighted by atomic mass is 10.0. The van der Waals surface area contributed by atoms with E-state index in [1.807, 2.05) is 0 Å². The average Bonchev–Trinajstić information content (AvgIpc) is 2.82. The molecule has 0 amide bonds. The summed E-state index contributed by atoms with van der Waals surface area (Å²) in [6.07, 6.45) is 0. The van der Waals surface area contributed by atoms with Crippen molar-refractivity contribution in [2.75, 3.05) is 31.5 Å². The van der Waals surface area contributed by atoms with Gasteiger partial charge in [0, 0.05) is 30.1 Å². The highest BCUT2D eigenvalue weighted by Crippen LogP contribution is 2.31. The molecule has 35 heavy (non-hydrogen) atoms. The Bertz CT molecular complexity index is 1410. The number of fused-ring (bicyclic) bond motifs is 1. The van der Waals surface area contributed by atoms with Crippen LogP contribution in [0.3, 0.4) is 0 Å². The summed E-state index contributed by atoms with van der Waals surface area (Å²) in [6.45, 7) is 8.86. The number of nitrogens with one attached hydrogen (secondary N) is 1. The molecule has 0 fully saturated rings. The maximum Gasteiger partial charge on any atom is 0.256 e. The molecule has 0 unspecified atom stereocenters. The maximum absolute atomic E-state index is 14.7. The van der Waals surface area contributed by atoms with E-state index in [0.29, 0.717) is 28.8 Å². The minimum absolute atomic E-state index is 0.0422. The zero-order valence-corrected chi connectivity index (χ0v) is 19.8. The summed E-state index contributed by atoms with van der Waals surface area (Å²) in [7, 11) is 0. The molecule has 0 saturated heterocycles. The van der Waals surface area contributed by atoms with Crippen molar-refractivity contribution < 1.29 is 13.2 Å². The van der Waals surface area contributed by atoms with Crippen LogP contribution in [0.1, 0.15) is 19.4 Å². The average molecular weight is 482 g/mol. The Kier molecular flexibility index (Phi) is 7.16. The molecule has 1 N–H and O–H groups in total. The number of para-hydroxylation sites is 1. The highest BCUT2D eigenvalue weighted by atomic mass is 19.1. The molecule has 6 nitrogen and oxygen atoms in total. The van der Waals surface area contributed by atoms with Crippen LogP contribution in [0, 0.1) is 24.4 Å². The summed E-state index contributed by atoms with van der Waals surface area (Å²) in [5.74, 6) is -1.99. The Hall–Kier alpha value is -3.72. The van der Waals surface area contributed by atoms with Crippen LogP contribution in [0.15, 0.2) is 53.3 Å². The molecular weight excluding hydrogens is 455 g/mol. The van der Waals surface area contributed by atoms with Crippen LogP contribution in [-0.4, -0.2) is 45.6 Å². The molecular formula is C26H26F3N5O. The van der Waals surface area contributed by atoms with Crippen LogP contribution in [-0.2, 0) is 0 Å². The Labute approximate surface area is 201 Å². The molecule has 182 valence electrons. The van der Waals surface area contributed by atoms with Gasteiger partial charge in [-0.05, 0) is 62.0 Å². The van der Waals surface area contributed by atoms with E-state index in [1.54, 1.807) is 13.0 Å². The molecule has 0 bridgehead atoms. The topological polar surface area (TPSA) is 63.1 Å². The second-order valence-corrected chi connectivity index (χ2v) is 8.12. The Balaban J connectivity index is 1.97. The van der Waals surface area contributed by atoms with E-state index < -0.39 is 28.7 Å². The molecule has 2 aromatic carbocycles. The van der Waals surface area contributed by atoms with Crippen molar-refractivity contribution in [3.63, 3.8) is 0 Å². The van der Waals surface area contributed by atoms with Gasteiger partial charge in [0.25, 0.3) is 5.56 Å². The second-order valence-electron chi connectivity index (χ2n) is 8.12. The van der Waals surface area contributed by atoms with Crippen molar-refractivity contribution in [1.29, 1.82) is 0 Å². The number of anilines is 1. The third kappa shape index (κ3) is 4.90. The van der Waals surface area contributed by atoms with E-state index in [-0.39, 0.29) is 11.6 Å². The first-order valence-corrected chi connectivity index (χ1v) is 11.4. The van der Waals surface area contributed by atoms with Crippen LogP contribution in [0.4, 0.5) is 19.1 Å². The Morgan fingerprint density at radius 2 is 1.69 bits per heavy atom. The van der Waals surface area contributed by atoms with E-state index in [1.165, 1.54) is 30.3 Å². The van der Waals surface area contributed by atoms with Gasteiger partial charge in [0.1, 0.15) is 23.1 Å². The predicted molar refractivity (Wildman–Crippen MR) is 131 cm³/mol. The van der Waals surface area contributed by atoms with Crippen LogP contribution < -0.4 is 10.9 Å². The third-order valence-corrected chi connectivity index (χ3v) is 5.96. The number of rotatable bonds is 8. The Morgan fingerprint density at radius 3 is 2.34 bits per heavy atom. The van der Waals surface area contributed by atoms with Crippen molar-refractivity contribution in [1.82, 2.24) is 19.4 Å². The van der Waals surface area contributed by atoms with Gasteiger partial charge in [-0.1, -0.05) is 19.9 Å². The lowest BCUT2D eigenvalue weighted by molar-refractivity contribution is 0.316. The normalized spacial score (nSPS) is 11.4. The number of benzene rings is 2. The molecule has 2 aromatic heterocycles. The van der Waals surface area contributed by atoms with Crippen LogP contribution in [0.25, 0.3) is 28.0 Å². The quantitative estimate of drug-likeness (QED) is 0.387. The number of nitrogens with zero attached hydrogens (tertiary/aromatic N) is 4. The van der Waals surface area contributed by atoms with Crippen LogP contribution in [0.5, 0.6) is 0 Å². The van der Waals surface area contributed by atoms with Crippen LogP contribution >= 0.6 is 0 Å². The highest BCUT2D eigenvalue weighted by Gasteiger charge is 2.20. The van der Waals surface area contributed by atoms with Gasteiger partial charge < -0.3 is 10.2 Å². The van der Waals surface area contributed by atoms with Crippen molar-refractivity contribution >= 4 is 17.0 Å². The van der Waals surface area contributed by atoms with Gasteiger partial charge in [-0.2, -0.15) is 4.98 Å². The van der Waals surface area contributed by atoms with Crippen molar-refractivity contribution in [2.45, 2.75) is 20.8 Å². The van der Waals surface area contributed by atoms with Gasteiger partial charge in [0.2, 0.25) is 5.95 Å². The summed E-state index contributed by atoms with van der Waals surface area (Å²) in [5, 5.41) is 3.56. The van der Waals surface area contributed by atoms with Crippen molar-refractivity contribution in [3.8, 4) is 16.9 Å². The fourth-order valence-electron chi connectivity index (χ4n) is 4.08. The molecule has 0 aliphatic heterocycles. The SMILES string of the molecule is CCN(CC)CCNc1nc(-c2ccc(F)cc2C)c2ccc(=O)n(-c3c(F)cccc3F)c2n1. The van der Waals surface area contributed by atoms with E-state index in [4.69, 9.17) is 0 Å². The third-order valence-electron chi connectivity index (χ3n) is 5.96. The molecule has 2 heterocycles. The molecule has 9 heteroatoms. The number of halogens is 3. The maximum atomic E-state index is 14.7. The molecule has 0 aliphatic carbocycles. The summed E-state index contributed by atoms with van der Waals surface area (Å²) in [4.78, 5) is 24.2. The molecule has 0 radical (unpaired) electrons. The second kappa shape index (κ2) is 10.3. The first-order valence-electron chi connectivity index (χ1n) is 11.4. The predicted octanol–water partition coefficient (Wildman–Crippen LogP) is 4.93. The summed E-state index contributed by atoms with van der Waals surface area (Å²) in [6, 6.07) is 10.4. The zero-order chi connectivity index (χ0) is 25.1. The molecule has 0 atom stereocenters. The number of pyridine rings is 1. The van der Waals surface area contributed by atoms with Crippen molar-refractivity contribution in [2.24, 2.45) is 0 Å². The van der Waals surface area contributed by atoms with Crippen LogP contribution in [0.2, 0.25) is 0 Å². The smallest absolute Gasteiger partial charge is 0.256 e. The Morgan fingerprint density at radius 1 is 0.971 bits per heavy atom. The fourth-order valence-corrected chi connectivity index (χ4v) is 4.08. The standard InChI is InChI=1S/C26H26F3N5O/c1-4-33(5-2)14-13-30-26-31-23(18-10-9-17(27)15-16(18)3)19-11-12-22(35)34(25(19)32-26)24-20(28)7-6-8-21(24)29/h6-12,15H,4-5,13-14H2,1-3H3,(H,30,31,32).